The molecular formula is C5H11BO3. The average molecular weight is 130 g/mol. The molecule has 1 N–H and O–H groups in total. The van der Waals surface area contributed by atoms with Gasteiger partial charge in [-0.2, -0.15) is 0 Å². The molecule has 0 amide bonds. The van der Waals surface area contributed by atoms with Crippen molar-refractivity contribution >= 4 is 8.05 Å². The van der Waals surface area contributed by atoms with Gasteiger partial charge < -0.3 is 4.65 Å². The molecule has 4 heteroatoms. The van der Waals surface area contributed by atoms with E-state index >= 15 is 0 Å². The minimum Gasteiger partial charge on any atom is -0.439 e. The summed E-state index contributed by atoms with van der Waals surface area (Å²) in [6.45, 7) is 0. The molecule has 1 aliphatic carbocycles. The maximum Gasteiger partial charge on any atom is 0.257 e. The maximum atomic E-state index is 8.29. The van der Waals surface area contributed by atoms with Gasteiger partial charge in [0.25, 0.3) is 8.05 Å². The first-order valence-electron chi connectivity index (χ1n) is 3.21. The van der Waals surface area contributed by atoms with Crippen LogP contribution in [0.5, 0.6) is 0 Å². The van der Waals surface area contributed by atoms with Crippen LogP contribution in [0.25, 0.3) is 0 Å². The van der Waals surface area contributed by atoms with Crippen molar-refractivity contribution in [2.75, 3.05) is 0 Å². The summed E-state index contributed by atoms with van der Waals surface area (Å²) in [5.74, 6) is 0. The number of hydrogen-bond acceptors (Lipinski definition) is 3. The van der Waals surface area contributed by atoms with E-state index in [-0.39, 0.29) is 12.2 Å². The van der Waals surface area contributed by atoms with E-state index in [9.17, 15) is 0 Å². The number of rotatable bonds is 2. The predicted molar refractivity (Wildman–Crippen MR) is 34.8 cm³/mol. The summed E-state index contributed by atoms with van der Waals surface area (Å²) in [5.41, 5.74) is 0. The largest absolute Gasteiger partial charge is 0.439 e. The number of hydrogen-bond donors (Lipinski definition) is 1. The van der Waals surface area contributed by atoms with Crippen LogP contribution in [0.1, 0.15) is 19.3 Å². The Morgan fingerprint density at radius 3 is 2.44 bits per heavy atom. The third-order valence-electron chi connectivity index (χ3n) is 1.83. The lowest BCUT2D eigenvalue weighted by molar-refractivity contribution is -0.288. The Hall–Kier alpha value is -0.0551. The highest BCUT2D eigenvalue weighted by Crippen LogP contribution is 2.22. The molecule has 0 aromatic carbocycles. The van der Waals surface area contributed by atoms with Crippen molar-refractivity contribution in [3.63, 3.8) is 0 Å². The Balaban J connectivity index is 2.32. The van der Waals surface area contributed by atoms with Crippen LogP contribution < -0.4 is 0 Å². The van der Waals surface area contributed by atoms with Crippen molar-refractivity contribution in [3.05, 3.63) is 0 Å². The van der Waals surface area contributed by atoms with Gasteiger partial charge in [-0.15, -0.1) is 0 Å². The lowest BCUT2D eigenvalue weighted by Gasteiger charge is -2.14. The Morgan fingerprint density at radius 1 is 1.33 bits per heavy atom. The fourth-order valence-corrected chi connectivity index (χ4v) is 1.28. The third kappa shape index (κ3) is 1.44. The third-order valence-corrected chi connectivity index (χ3v) is 1.83. The van der Waals surface area contributed by atoms with Gasteiger partial charge in [-0.1, -0.05) is 0 Å². The molecule has 1 saturated carbocycles. The molecule has 1 rings (SSSR count). The van der Waals surface area contributed by atoms with Crippen LogP contribution in [0.15, 0.2) is 0 Å². The Morgan fingerprint density at radius 2 is 2.00 bits per heavy atom. The molecule has 3 nitrogen and oxygen atoms in total. The standard InChI is InChI=1S/C5H11BO3/c6-8-4-2-1-3-5(4)9-7/h4-5,7H,1-3,6H2/t4-,5-/m0/s1. The minimum absolute atomic E-state index is 0.0880. The summed E-state index contributed by atoms with van der Waals surface area (Å²) in [7, 11) is 1.64. The maximum absolute atomic E-state index is 8.29. The van der Waals surface area contributed by atoms with E-state index in [4.69, 9.17) is 9.91 Å². The van der Waals surface area contributed by atoms with Gasteiger partial charge >= 0.3 is 0 Å². The summed E-state index contributed by atoms with van der Waals surface area (Å²) in [6, 6.07) is 0. The molecule has 1 fully saturated rings. The van der Waals surface area contributed by atoms with Gasteiger partial charge in [0.15, 0.2) is 0 Å². The van der Waals surface area contributed by atoms with Crippen LogP contribution in [-0.4, -0.2) is 25.5 Å². The van der Waals surface area contributed by atoms with Crippen LogP contribution in [0.2, 0.25) is 0 Å². The van der Waals surface area contributed by atoms with Crippen molar-refractivity contribution < 1.29 is 14.8 Å². The van der Waals surface area contributed by atoms with Gasteiger partial charge in [-0.25, -0.2) is 4.89 Å². The highest BCUT2D eigenvalue weighted by molar-refractivity contribution is 5.98. The van der Waals surface area contributed by atoms with E-state index in [2.05, 4.69) is 4.89 Å². The molecule has 52 valence electrons. The Bertz CT molecular complexity index is 78.3. The SMILES string of the molecule is BO[C@H]1CCC[C@@H]1OO. The molecule has 0 unspecified atom stereocenters. The zero-order chi connectivity index (χ0) is 6.69. The Labute approximate surface area is 55.3 Å². The quantitative estimate of drug-likeness (QED) is 0.324. The molecule has 9 heavy (non-hydrogen) atoms. The molecule has 0 saturated heterocycles. The van der Waals surface area contributed by atoms with E-state index in [1.165, 1.54) is 0 Å². The predicted octanol–water partition coefficient (Wildman–Crippen LogP) is -0.0382. The normalized spacial score (nSPS) is 35.2. The summed E-state index contributed by atoms with van der Waals surface area (Å²) < 4.78 is 5.03. The summed E-state index contributed by atoms with van der Waals surface area (Å²) >= 11 is 0. The van der Waals surface area contributed by atoms with Crippen molar-refractivity contribution in [3.8, 4) is 0 Å². The van der Waals surface area contributed by atoms with E-state index in [1.807, 2.05) is 0 Å². The van der Waals surface area contributed by atoms with Crippen LogP contribution in [0.4, 0.5) is 0 Å². The molecule has 1 aliphatic rings. The first-order valence-corrected chi connectivity index (χ1v) is 3.21. The fraction of sp³-hybridized carbons (Fsp3) is 1.00. The van der Waals surface area contributed by atoms with Crippen LogP contribution in [0, 0.1) is 0 Å². The van der Waals surface area contributed by atoms with Crippen LogP contribution in [-0.2, 0) is 9.54 Å². The van der Waals surface area contributed by atoms with Crippen LogP contribution >= 0.6 is 0 Å². The van der Waals surface area contributed by atoms with Gasteiger partial charge in [0.05, 0.1) is 6.10 Å². The highest BCUT2D eigenvalue weighted by Gasteiger charge is 2.27. The second-order valence-electron chi connectivity index (χ2n) is 2.35. The lowest BCUT2D eigenvalue weighted by Crippen LogP contribution is -2.23. The first kappa shape index (κ1) is 7.06. The zero-order valence-corrected chi connectivity index (χ0v) is 5.54. The molecule has 0 spiro atoms. The smallest absolute Gasteiger partial charge is 0.257 e. The minimum atomic E-state index is -0.0880. The average Bonchev–Trinajstić information content (AvgIpc) is 2.33. The highest BCUT2D eigenvalue weighted by atomic mass is 17.1. The zero-order valence-electron chi connectivity index (χ0n) is 5.54. The summed E-state index contributed by atoms with van der Waals surface area (Å²) in [4.78, 5) is 4.19. The molecule has 0 heterocycles. The van der Waals surface area contributed by atoms with Gasteiger partial charge in [-0.05, 0) is 19.3 Å². The summed E-state index contributed by atoms with van der Waals surface area (Å²) in [6.07, 6.45) is 3.02. The van der Waals surface area contributed by atoms with Gasteiger partial charge in [0, 0.05) is 0 Å². The molecule has 0 aliphatic heterocycles. The van der Waals surface area contributed by atoms with E-state index in [0.29, 0.717) is 0 Å². The van der Waals surface area contributed by atoms with Gasteiger partial charge in [0.1, 0.15) is 6.10 Å². The van der Waals surface area contributed by atoms with Crippen molar-refractivity contribution in [2.24, 2.45) is 0 Å². The van der Waals surface area contributed by atoms with E-state index < -0.39 is 0 Å². The lowest BCUT2D eigenvalue weighted by atomic mass is 10.2. The van der Waals surface area contributed by atoms with Crippen molar-refractivity contribution in [2.45, 2.75) is 31.5 Å². The molecule has 0 aromatic rings. The second-order valence-corrected chi connectivity index (χ2v) is 2.35. The molecular weight excluding hydrogens is 119 g/mol. The van der Waals surface area contributed by atoms with E-state index in [0.717, 1.165) is 19.3 Å². The molecule has 0 bridgehead atoms. The van der Waals surface area contributed by atoms with Crippen LogP contribution in [0.3, 0.4) is 0 Å². The van der Waals surface area contributed by atoms with Gasteiger partial charge in [0.2, 0.25) is 0 Å². The topological polar surface area (TPSA) is 38.7 Å². The van der Waals surface area contributed by atoms with E-state index in [1.54, 1.807) is 8.05 Å². The fourth-order valence-electron chi connectivity index (χ4n) is 1.28. The summed E-state index contributed by atoms with van der Waals surface area (Å²) in [5, 5.41) is 8.29. The first-order chi connectivity index (χ1) is 4.38. The van der Waals surface area contributed by atoms with Gasteiger partial charge in [-0.3, -0.25) is 5.26 Å². The monoisotopic (exact) mass is 130 g/mol. The van der Waals surface area contributed by atoms with Crippen molar-refractivity contribution in [1.82, 2.24) is 0 Å². The molecule has 0 aromatic heterocycles. The molecule has 2 atom stereocenters. The Kier molecular flexibility index (Phi) is 2.51. The molecule has 0 radical (unpaired) electrons. The second kappa shape index (κ2) is 3.20. The van der Waals surface area contributed by atoms with Crippen molar-refractivity contribution in [1.29, 1.82) is 0 Å².